The molecule has 4 nitrogen and oxygen atoms in total. The summed E-state index contributed by atoms with van der Waals surface area (Å²) >= 11 is 0. The maximum absolute atomic E-state index is 12.5. The zero-order chi connectivity index (χ0) is 18.3. The third-order valence-corrected chi connectivity index (χ3v) is 5.46. The van der Waals surface area contributed by atoms with Crippen molar-refractivity contribution in [2.45, 2.75) is 51.5 Å². The van der Waals surface area contributed by atoms with E-state index < -0.39 is 0 Å². The van der Waals surface area contributed by atoms with E-state index in [4.69, 9.17) is 0 Å². The van der Waals surface area contributed by atoms with Crippen LogP contribution in [-0.2, 0) is 4.79 Å². The van der Waals surface area contributed by atoms with Gasteiger partial charge >= 0.3 is 0 Å². The molecule has 2 heterocycles. The maximum Gasteiger partial charge on any atom is 0.251 e. The number of hydrogen-bond acceptors (Lipinski definition) is 2. The van der Waals surface area contributed by atoms with Gasteiger partial charge in [0.25, 0.3) is 5.56 Å². The first-order valence-electron chi connectivity index (χ1n) is 9.33. The highest BCUT2D eigenvalue weighted by atomic mass is 16.2. The third kappa shape index (κ3) is 3.36. The molecule has 2 aliphatic rings. The first kappa shape index (κ1) is 16.8. The van der Waals surface area contributed by atoms with Crippen molar-refractivity contribution < 1.29 is 4.79 Å². The quantitative estimate of drug-likeness (QED) is 0.887. The summed E-state index contributed by atoms with van der Waals surface area (Å²) in [5, 5.41) is 3.00. The molecular formula is C22H24N2O2. The Bertz CT molecular complexity index is 951. The fourth-order valence-corrected chi connectivity index (χ4v) is 3.57. The van der Waals surface area contributed by atoms with Crippen LogP contribution in [0.1, 0.15) is 59.5 Å². The Morgan fingerprint density at radius 2 is 1.85 bits per heavy atom. The van der Waals surface area contributed by atoms with Crippen LogP contribution in [0.5, 0.6) is 0 Å². The van der Waals surface area contributed by atoms with Crippen LogP contribution in [0, 0.1) is 13.8 Å². The monoisotopic (exact) mass is 348 g/mol. The number of aromatic amines is 1. The number of nitrogens with one attached hydrogen (secondary N) is 2. The van der Waals surface area contributed by atoms with Crippen molar-refractivity contribution in [2.24, 2.45) is 0 Å². The molecule has 0 spiro atoms. The van der Waals surface area contributed by atoms with Gasteiger partial charge < -0.3 is 10.3 Å². The zero-order valence-electron chi connectivity index (χ0n) is 15.3. The Kier molecular flexibility index (Phi) is 4.27. The molecule has 1 unspecified atom stereocenters. The van der Waals surface area contributed by atoms with Gasteiger partial charge in [0.1, 0.15) is 0 Å². The molecule has 1 saturated carbocycles. The third-order valence-electron chi connectivity index (χ3n) is 5.46. The van der Waals surface area contributed by atoms with Gasteiger partial charge in [-0.25, -0.2) is 0 Å². The lowest BCUT2D eigenvalue weighted by Gasteiger charge is -2.14. The summed E-state index contributed by atoms with van der Waals surface area (Å²) in [4.78, 5) is 27.2. The Hall–Kier alpha value is -2.62. The van der Waals surface area contributed by atoms with Gasteiger partial charge in [-0.05, 0) is 61.8 Å². The van der Waals surface area contributed by atoms with E-state index in [9.17, 15) is 9.59 Å². The predicted molar refractivity (Wildman–Crippen MR) is 103 cm³/mol. The molecule has 1 saturated heterocycles. The first-order chi connectivity index (χ1) is 12.5. The highest BCUT2D eigenvalue weighted by Crippen LogP contribution is 2.38. The van der Waals surface area contributed by atoms with Gasteiger partial charge in [0.05, 0.1) is 0 Å². The fraction of sp³-hybridized carbons (Fsp3) is 0.364. The van der Waals surface area contributed by atoms with Crippen LogP contribution >= 0.6 is 0 Å². The zero-order valence-corrected chi connectivity index (χ0v) is 15.3. The van der Waals surface area contributed by atoms with Gasteiger partial charge in [-0.15, -0.1) is 0 Å². The second-order valence-electron chi connectivity index (χ2n) is 7.52. The maximum atomic E-state index is 12.5. The van der Waals surface area contributed by atoms with E-state index in [1.54, 1.807) is 0 Å². The van der Waals surface area contributed by atoms with Crippen LogP contribution in [0.15, 0.2) is 41.2 Å². The van der Waals surface area contributed by atoms with E-state index in [1.807, 2.05) is 12.1 Å². The minimum Gasteiger partial charge on any atom is -0.350 e. The summed E-state index contributed by atoms with van der Waals surface area (Å²) in [7, 11) is 0. The van der Waals surface area contributed by atoms with Crippen molar-refractivity contribution in [3.8, 4) is 0 Å². The molecule has 0 radical (unpaired) electrons. The molecule has 1 aromatic heterocycles. The fourth-order valence-electron chi connectivity index (χ4n) is 3.57. The van der Waals surface area contributed by atoms with Crippen molar-refractivity contribution in [1.29, 1.82) is 0 Å². The lowest BCUT2D eigenvalue weighted by molar-refractivity contribution is -0.119. The van der Waals surface area contributed by atoms with Crippen molar-refractivity contribution in [3.63, 3.8) is 0 Å². The van der Waals surface area contributed by atoms with E-state index >= 15 is 0 Å². The molecule has 134 valence electrons. The van der Waals surface area contributed by atoms with E-state index in [0.29, 0.717) is 12.3 Å². The van der Waals surface area contributed by atoms with Gasteiger partial charge in [0, 0.05) is 29.3 Å². The number of amides is 1. The smallest absolute Gasteiger partial charge is 0.251 e. The molecular weight excluding hydrogens is 324 g/mol. The molecule has 4 heteroatoms. The van der Waals surface area contributed by atoms with Crippen LogP contribution in [-0.4, -0.2) is 16.9 Å². The summed E-state index contributed by atoms with van der Waals surface area (Å²) in [6.45, 7) is 4.18. The Labute approximate surface area is 153 Å². The second kappa shape index (κ2) is 6.60. The second-order valence-corrected chi connectivity index (χ2v) is 7.52. The number of hydrogen-bond donors (Lipinski definition) is 2. The lowest BCUT2D eigenvalue weighted by atomic mass is 9.95. The van der Waals surface area contributed by atoms with Crippen LogP contribution in [0.3, 0.4) is 0 Å². The average Bonchev–Trinajstić information content (AvgIpc) is 3.37. The molecule has 2 fully saturated rings. The summed E-state index contributed by atoms with van der Waals surface area (Å²) in [6.07, 6.45) is 5.64. The highest BCUT2D eigenvalue weighted by molar-refractivity contribution is 5.82. The highest BCUT2D eigenvalue weighted by Gasteiger charge is 2.26. The Morgan fingerprint density at radius 1 is 1.04 bits per heavy atom. The van der Waals surface area contributed by atoms with Crippen LogP contribution in [0.2, 0.25) is 0 Å². The molecule has 1 aromatic carbocycles. The number of carbonyl (C=O) groups excluding carboxylic acids is 1. The Morgan fingerprint density at radius 3 is 2.46 bits per heavy atom. The number of pyridine rings is 1. The number of benzene rings is 1. The molecule has 2 aromatic rings. The van der Waals surface area contributed by atoms with Crippen LogP contribution in [0.25, 0.3) is 5.57 Å². The predicted octanol–water partition coefficient (Wildman–Crippen LogP) is 3.58. The van der Waals surface area contributed by atoms with Gasteiger partial charge in [0.2, 0.25) is 5.91 Å². The number of aromatic nitrogens is 1. The average molecular weight is 348 g/mol. The standard InChI is InChI=1S/C22H24N2O2/c1-13-3-4-16(11-14(13)2)19(12-17-7-10-21(25)23-17)20-9-8-18(15-5-6-15)22(26)24-20/h3-4,8-9,11-12,15,17H,5-7,10H2,1-2H3,(H,23,25)(H,24,26)/b19-12+. The van der Waals surface area contributed by atoms with E-state index in [2.05, 4.69) is 48.4 Å². The summed E-state index contributed by atoms with van der Waals surface area (Å²) in [5.41, 5.74) is 6.19. The van der Waals surface area contributed by atoms with E-state index in [-0.39, 0.29) is 17.5 Å². The van der Waals surface area contributed by atoms with Crippen LogP contribution in [0.4, 0.5) is 0 Å². The molecule has 0 bridgehead atoms. The minimum atomic E-state index is 0.00530. The normalized spacial score (nSPS) is 20.3. The molecule has 1 aliphatic heterocycles. The number of rotatable bonds is 4. The number of aryl methyl sites for hydroxylation is 2. The summed E-state index contributed by atoms with van der Waals surface area (Å²) in [5.74, 6) is 0.513. The summed E-state index contributed by atoms with van der Waals surface area (Å²) < 4.78 is 0. The molecule has 1 aliphatic carbocycles. The Balaban J connectivity index is 1.78. The topological polar surface area (TPSA) is 62.0 Å². The van der Waals surface area contributed by atoms with Gasteiger partial charge in [0.15, 0.2) is 0 Å². The largest absolute Gasteiger partial charge is 0.350 e. The van der Waals surface area contributed by atoms with Crippen molar-refractivity contribution in [3.05, 3.63) is 74.7 Å². The first-order valence-corrected chi connectivity index (χ1v) is 9.33. The van der Waals surface area contributed by atoms with Gasteiger partial charge in [-0.1, -0.05) is 30.3 Å². The summed E-state index contributed by atoms with van der Waals surface area (Å²) in [6, 6.07) is 10.3. The van der Waals surface area contributed by atoms with Crippen molar-refractivity contribution in [1.82, 2.24) is 10.3 Å². The van der Waals surface area contributed by atoms with E-state index in [0.717, 1.165) is 41.7 Å². The lowest BCUT2D eigenvalue weighted by Crippen LogP contribution is -2.23. The molecule has 2 N–H and O–H groups in total. The van der Waals surface area contributed by atoms with Gasteiger partial charge in [-0.2, -0.15) is 0 Å². The number of carbonyl (C=O) groups is 1. The minimum absolute atomic E-state index is 0.00530. The van der Waals surface area contributed by atoms with Crippen molar-refractivity contribution >= 4 is 11.5 Å². The van der Waals surface area contributed by atoms with E-state index in [1.165, 1.54) is 11.1 Å². The molecule has 1 amide bonds. The van der Waals surface area contributed by atoms with Gasteiger partial charge in [-0.3, -0.25) is 9.59 Å². The number of H-pyrrole nitrogens is 1. The SMILES string of the molecule is Cc1ccc(/C(=C\C2CCC(=O)N2)c2ccc(C3CC3)c(=O)[nH]2)cc1C. The molecule has 4 rings (SSSR count). The van der Waals surface area contributed by atoms with Crippen LogP contribution < -0.4 is 10.9 Å². The van der Waals surface area contributed by atoms with Crippen molar-refractivity contribution in [2.75, 3.05) is 0 Å². The molecule has 26 heavy (non-hydrogen) atoms. The molecule has 1 atom stereocenters.